The molecule has 0 amide bonds. The SMILES string of the molecule is CC1CCC(C(CN)N2CCC(N3CCCCC3)C2)CC1. The third-order valence-electron chi connectivity index (χ3n) is 6.42. The summed E-state index contributed by atoms with van der Waals surface area (Å²) in [6.07, 6.45) is 11.3. The molecule has 3 fully saturated rings. The zero-order chi connectivity index (χ0) is 14.7. The van der Waals surface area contributed by atoms with Crippen molar-refractivity contribution >= 4 is 0 Å². The topological polar surface area (TPSA) is 32.5 Å². The summed E-state index contributed by atoms with van der Waals surface area (Å²) in [5, 5.41) is 0. The van der Waals surface area contributed by atoms with Gasteiger partial charge in [0.05, 0.1) is 0 Å². The van der Waals surface area contributed by atoms with Crippen molar-refractivity contribution in [2.24, 2.45) is 17.6 Å². The Hall–Kier alpha value is -0.120. The van der Waals surface area contributed by atoms with Gasteiger partial charge in [-0.2, -0.15) is 0 Å². The molecular weight excluding hydrogens is 258 g/mol. The van der Waals surface area contributed by atoms with Gasteiger partial charge in [-0.15, -0.1) is 0 Å². The monoisotopic (exact) mass is 293 g/mol. The molecule has 0 spiro atoms. The molecule has 2 aliphatic heterocycles. The minimum absolute atomic E-state index is 0.660. The fraction of sp³-hybridized carbons (Fsp3) is 1.00. The summed E-state index contributed by atoms with van der Waals surface area (Å²) in [6.45, 7) is 8.53. The second-order valence-corrected chi connectivity index (χ2v) is 7.86. The minimum Gasteiger partial charge on any atom is -0.329 e. The lowest BCUT2D eigenvalue weighted by Crippen LogP contribution is -2.47. The molecule has 3 rings (SSSR count). The Kier molecular flexibility index (Phi) is 5.58. The zero-order valence-corrected chi connectivity index (χ0v) is 14.0. The molecule has 2 unspecified atom stereocenters. The van der Waals surface area contributed by atoms with Crippen LogP contribution in [0.15, 0.2) is 0 Å². The van der Waals surface area contributed by atoms with Crippen molar-refractivity contribution in [3.05, 3.63) is 0 Å². The van der Waals surface area contributed by atoms with Crippen LogP contribution in [-0.4, -0.2) is 54.6 Å². The van der Waals surface area contributed by atoms with Gasteiger partial charge in [0.25, 0.3) is 0 Å². The highest BCUT2D eigenvalue weighted by atomic mass is 15.3. The molecule has 3 aliphatic rings. The van der Waals surface area contributed by atoms with E-state index in [1.54, 1.807) is 0 Å². The van der Waals surface area contributed by atoms with E-state index in [1.165, 1.54) is 77.5 Å². The van der Waals surface area contributed by atoms with Crippen molar-refractivity contribution in [2.75, 3.05) is 32.7 Å². The number of rotatable bonds is 4. The van der Waals surface area contributed by atoms with Crippen LogP contribution >= 0.6 is 0 Å². The molecule has 0 aromatic carbocycles. The fourth-order valence-corrected chi connectivity index (χ4v) is 4.96. The van der Waals surface area contributed by atoms with Crippen molar-refractivity contribution in [1.82, 2.24) is 9.80 Å². The maximum atomic E-state index is 6.19. The van der Waals surface area contributed by atoms with Crippen molar-refractivity contribution in [3.63, 3.8) is 0 Å². The first kappa shape index (κ1) is 15.8. The van der Waals surface area contributed by atoms with Gasteiger partial charge in [-0.05, 0) is 57.0 Å². The normalized spacial score (nSPS) is 37.7. The third-order valence-corrected chi connectivity index (χ3v) is 6.42. The highest BCUT2D eigenvalue weighted by Crippen LogP contribution is 2.33. The molecule has 0 aromatic heterocycles. The first-order chi connectivity index (χ1) is 10.3. The van der Waals surface area contributed by atoms with Crippen LogP contribution in [-0.2, 0) is 0 Å². The van der Waals surface area contributed by atoms with Crippen LogP contribution in [0.5, 0.6) is 0 Å². The first-order valence-electron chi connectivity index (χ1n) is 9.46. The average Bonchev–Trinajstić information content (AvgIpc) is 3.00. The quantitative estimate of drug-likeness (QED) is 0.865. The second-order valence-electron chi connectivity index (χ2n) is 7.86. The van der Waals surface area contributed by atoms with Crippen molar-refractivity contribution in [3.8, 4) is 0 Å². The molecule has 2 N–H and O–H groups in total. The molecule has 1 saturated carbocycles. The Labute approximate surface area is 131 Å². The van der Waals surface area contributed by atoms with Gasteiger partial charge in [-0.1, -0.05) is 26.2 Å². The van der Waals surface area contributed by atoms with Gasteiger partial charge >= 0.3 is 0 Å². The van der Waals surface area contributed by atoms with Gasteiger partial charge in [0.1, 0.15) is 0 Å². The number of likely N-dealkylation sites (tertiary alicyclic amines) is 2. The van der Waals surface area contributed by atoms with E-state index in [4.69, 9.17) is 5.73 Å². The first-order valence-corrected chi connectivity index (χ1v) is 9.46. The molecule has 3 nitrogen and oxygen atoms in total. The fourth-order valence-electron chi connectivity index (χ4n) is 4.96. The highest BCUT2D eigenvalue weighted by Gasteiger charge is 2.35. The second kappa shape index (κ2) is 7.43. The Balaban J connectivity index is 1.53. The standard InChI is InChI=1S/C18H35N3/c1-15-5-7-16(8-6-15)18(13-19)21-12-9-17(14-21)20-10-3-2-4-11-20/h15-18H,2-14,19H2,1H3. The lowest BCUT2D eigenvalue weighted by molar-refractivity contribution is 0.114. The summed E-state index contributed by atoms with van der Waals surface area (Å²) in [6, 6.07) is 1.48. The molecular formula is C18H35N3. The van der Waals surface area contributed by atoms with Gasteiger partial charge in [0, 0.05) is 31.7 Å². The molecule has 122 valence electrons. The van der Waals surface area contributed by atoms with E-state index in [-0.39, 0.29) is 0 Å². The third kappa shape index (κ3) is 3.80. The largest absolute Gasteiger partial charge is 0.329 e. The lowest BCUT2D eigenvalue weighted by Gasteiger charge is -2.38. The van der Waals surface area contributed by atoms with E-state index in [0.29, 0.717) is 6.04 Å². The van der Waals surface area contributed by atoms with E-state index in [1.807, 2.05) is 0 Å². The number of hydrogen-bond donors (Lipinski definition) is 1. The van der Waals surface area contributed by atoms with E-state index >= 15 is 0 Å². The Morgan fingerprint density at radius 2 is 1.67 bits per heavy atom. The molecule has 2 saturated heterocycles. The molecule has 0 bridgehead atoms. The number of piperidine rings is 1. The van der Waals surface area contributed by atoms with Crippen LogP contribution in [0, 0.1) is 11.8 Å². The van der Waals surface area contributed by atoms with Gasteiger partial charge in [-0.25, -0.2) is 0 Å². The summed E-state index contributed by atoms with van der Waals surface area (Å²) in [5.41, 5.74) is 6.19. The van der Waals surface area contributed by atoms with Crippen LogP contribution in [0.2, 0.25) is 0 Å². The van der Waals surface area contributed by atoms with E-state index in [9.17, 15) is 0 Å². The molecule has 1 aliphatic carbocycles. The number of nitrogens with two attached hydrogens (primary N) is 1. The van der Waals surface area contributed by atoms with E-state index in [2.05, 4.69) is 16.7 Å². The highest BCUT2D eigenvalue weighted by molar-refractivity contribution is 4.91. The molecule has 2 atom stereocenters. The van der Waals surface area contributed by atoms with Crippen molar-refractivity contribution in [1.29, 1.82) is 0 Å². The van der Waals surface area contributed by atoms with Gasteiger partial charge in [-0.3, -0.25) is 9.80 Å². The van der Waals surface area contributed by atoms with Gasteiger partial charge in [0.15, 0.2) is 0 Å². The number of hydrogen-bond acceptors (Lipinski definition) is 3. The lowest BCUT2D eigenvalue weighted by atomic mass is 9.79. The smallest absolute Gasteiger partial charge is 0.0247 e. The predicted octanol–water partition coefficient (Wildman–Crippen LogP) is 2.70. The molecule has 3 heteroatoms. The van der Waals surface area contributed by atoms with Gasteiger partial charge in [0.2, 0.25) is 0 Å². The van der Waals surface area contributed by atoms with Crippen LogP contribution in [0.1, 0.15) is 58.3 Å². The van der Waals surface area contributed by atoms with Gasteiger partial charge < -0.3 is 5.73 Å². The summed E-state index contributed by atoms with van der Waals surface area (Å²) in [7, 11) is 0. The predicted molar refractivity (Wildman–Crippen MR) is 89.4 cm³/mol. The average molecular weight is 293 g/mol. The summed E-state index contributed by atoms with van der Waals surface area (Å²) in [4.78, 5) is 5.51. The molecule has 21 heavy (non-hydrogen) atoms. The summed E-state index contributed by atoms with van der Waals surface area (Å²) >= 11 is 0. The summed E-state index contributed by atoms with van der Waals surface area (Å²) in [5.74, 6) is 1.81. The minimum atomic E-state index is 0.660. The molecule has 2 heterocycles. The van der Waals surface area contributed by atoms with Crippen molar-refractivity contribution < 1.29 is 0 Å². The van der Waals surface area contributed by atoms with Crippen LogP contribution < -0.4 is 5.73 Å². The van der Waals surface area contributed by atoms with Crippen LogP contribution in [0.4, 0.5) is 0 Å². The number of nitrogens with zero attached hydrogens (tertiary/aromatic N) is 2. The maximum Gasteiger partial charge on any atom is 0.0247 e. The Bertz CT molecular complexity index is 306. The van der Waals surface area contributed by atoms with Crippen molar-refractivity contribution in [2.45, 2.75) is 70.4 Å². The van der Waals surface area contributed by atoms with E-state index < -0.39 is 0 Å². The van der Waals surface area contributed by atoms with Crippen LogP contribution in [0.25, 0.3) is 0 Å². The Morgan fingerprint density at radius 3 is 2.33 bits per heavy atom. The molecule has 0 aromatic rings. The summed E-state index contributed by atoms with van der Waals surface area (Å²) < 4.78 is 0. The zero-order valence-electron chi connectivity index (χ0n) is 14.0. The Morgan fingerprint density at radius 1 is 0.952 bits per heavy atom. The van der Waals surface area contributed by atoms with Crippen LogP contribution in [0.3, 0.4) is 0 Å². The van der Waals surface area contributed by atoms with E-state index in [0.717, 1.165) is 24.4 Å². The molecule has 0 radical (unpaired) electrons. The maximum absolute atomic E-state index is 6.19.